The number of hydrogen-bond acceptors (Lipinski definition) is 3. The van der Waals surface area contributed by atoms with Crippen molar-refractivity contribution in [3.05, 3.63) is 70.9 Å². The molecule has 1 amide bonds. The molecule has 1 aliphatic rings. The molecule has 2 aromatic carbocycles. The zero-order chi connectivity index (χ0) is 18.3. The minimum Gasteiger partial charge on any atom is -0.486 e. The summed E-state index contributed by atoms with van der Waals surface area (Å²) in [5, 5.41) is 0.920. The number of fused-ring (bicyclic) bond motifs is 1. The van der Waals surface area contributed by atoms with Crippen LogP contribution in [0, 0.1) is 20.8 Å². The van der Waals surface area contributed by atoms with Crippen LogP contribution < -0.4 is 4.74 Å². The summed E-state index contributed by atoms with van der Waals surface area (Å²) < 4.78 is 6.02. The van der Waals surface area contributed by atoms with Gasteiger partial charge in [-0.2, -0.15) is 0 Å². The predicted octanol–water partition coefficient (Wildman–Crippen LogP) is 4.06. The zero-order valence-corrected chi connectivity index (χ0v) is 15.3. The van der Waals surface area contributed by atoms with Gasteiger partial charge >= 0.3 is 0 Å². The molecule has 4 nitrogen and oxygen atoms in total. The fraction of sp³-hybridized carbons (Fsp3) is 0.273. The summed E-state index contributed by atoms with van der Waals surface area (Å²) in [4.78, 5) is 19.4. The molecule has 0 bridgehead atoms. The lowest BCUT2D eigenvalue weighted by Crippen LogP contribution is -2.56. The molecule has 2 heterocycles. The molecule has 4 rings (SSSR count). The number of para-hydroxylation sites is 1. The number of pyridine rings is 1. The van der Waals surface area contributed by atoms with Crippen molar-refractivity contribution in [2.75, 3.05) is 13.1 Å². The predicted molar refractivity (Wildman–Crippen MR) is 103 cm³/mol. The lowest BCUT2D eigenvalue weighted by Gasteiger charge is -2.39. The third-order valence-corrected chi connectivity index (χ3v) is 4.85. The van der Waals surface area contributed by atoms with Gasteiger partial charge in [-0.3, -0.25) is 9.78 Å². The molecule has 0 atom stereocenters. The zero-order valence-electron chi connectivity index (χ0n) is 15.3. The maximum Gasteiger partial charge on any atom is 0.254 e. The van der Waals surface area contributed by atoms with Crippen molar-refractivity contribution >= 4 is 16.8 Å². The van der Waals surface area contributed by atoms with E-state index in [2.05, 4.69) is 4.98 Å². The molecular formula is C22H22N2O2. The highest BCUT2D eigenvalue weighted by Gasteiger charge is 2.33. The van der Waals surface area contributed by atoms with Crippen LogP contribution >= 0.6 is 0 Å². The Morgan fingerprint density at radius 2 is 1.85 bits per heavy atom. The number of rotatable bonds is 3. The van der Waals surface area contributed by atoms with Gasteiger partial charge in [0, 0.05) is 11.1 Å². The number of ether oxygens (including phenoxy) is 1. The van der Waals surface area contributed by atoms with Crippen LogP contribution in [0.4, 0.5) is 0 Å². The molecule has 3 aromatic rings. The van der Waals surface area contributed by atoms with Gasteiger partial charge in [0.25, 0.3) is 5.91 Å². The molecule has 132 valence electrons. The highest BCUT2D eigenvalue weighted by molar-refractivity contribution is 6.06. The molecule has 0 radical (unpaired) electrons. The number of nitrogens with zero attached hydrogens (tertiary/aromatic N) is 2. The first-order valence-electron chi connectivity index (χ1n) is 8.91. The van der Waals surface area contributed by atoms with Gasteiger partial charge in [-0.15, -0.1) is 0 Å². The number of aryl methyl sites for hydroxylation is 3. The molecule has 4 heteroatoms. The minimum absolute atomic E-state index is 0.0516. The quantitative estimate of drug-likeness (QED) is 0.718. The van der Waals surface area contributed by atoms with E-state index in [-0.39, 0.29) is 12.0 Å². The molecule has 0 aliphatic carbocycles. The second-order valence-corrected chi connectivity index (χ2v) is 7.05. The second-order valence-electron chi connectivity index (χ2n) is 7.05. The molecule has 0 spiro atoms. The van der Waals surface area contributed by atoms with E-state index < -0.39 is 0 Å². The molecule has 0 N–H and O–H groups in total. The SMILES string of the molecule is Cc1ccc2nc(C)cc(C(=O)N3CC(Oc4ccccc4C)C3)c2c1. The van der Waals surface area contributed by atoms with Crippen LogP contribution in [-0.2, 0) is 0 Å². The van der Waals surface area contributed by atoms with E-state index in [1.54, 1.807) is 0 Å². The molecule has 0 saturated carbocycles. The van der Waals surface area contributed by atoms with Crippen molar-refractivity contribution in [1.82, 2.24) is 9.88 Å². The summed E-state index contributed by atoms with van der Waals surface area (Å²) >= 11 is 0. The van der Waals surface area contributed by atoms with Crippen LogP contribution in [-0.4, -0.2) is 35.0 Å². The van der Waals surface area contributed by atoms with Crippen LogP contribution in [0.15, 0.2) is 48.5 Å². The van der Waals surface area contributed by atoms with Crippen LogP contribution in [0.5, 0.6) is 5.75 Å². The smallest absolute Gasteiger partial charge is 0.254 e. The summed E-state index contributed by atoms with van der Waals surface area (Å²) in [5.41, 5.74) is 4.70. The Bertz CT molecular complexity index is 991. The van der Waals surface area contributed by atoms with Crippen LogP contribution in [0.25, 0.3) is 10.9 Å². The number of benzene rings is 2. The van der Waals surface area contributed by atoms with Crippen molar-refractivity contribution in [3.8, 4) is 5.75 Å². The Labute approximate surface area is 153 Å². The van der Waals surface area contributed by atoms with Gasteiger partial charge in [0.1, 0.15) is 11.9 Å². The van der Waals surface area contributed by atoms with Gasteiger partial charge in [-0.05, 0) is 50.6 Å². The molecule has 1 fully saturated rings. The molecule has 1 aromatic heterocycles. The minimum atomic E-state index is 0.0516. The third-order valence-electron chi connectivity index (χ3n) is 4.85. The van der Waals surface area contributed by atoms with Gasteiger partial charge in [0.05, 0.1) is 24.2 Å². The molecule has 1 saturated heterocycles. The van der Waals surface area contributed by atoms with E-state index in [0.29, 0.717) is 13.1 Å². The average molecular weight is 346 g/mol. The van der Waals surface area contributed by atoms with Gasteiger partial charge < -0.3 is 9.64 Å². The standard InChI is InChI=1S/C22H22N2O2/c1-14-8-9-20-18(10-14)19(11-16(3)23-20)22(25)24-12-17(13-24)26-21-7-5-4-6-15(21)2/h4-11,17H,12-13H2,1-3H3. The first kappa shape index (κ1) is 16.6. The third kappa shape index (κ3) is 3.03. The molecule has 26 heavy (non-hydrogen) atoms. The summed E-state index contributed by atoms with van der Waals surface area (Å²) in [6.07, 6.45) is 0.0518. The highest BCUT2D eigenvalue weighted by atomic mass is 16.5. The Hall–Kier alpha value is -2.88. The Balaban J connectivity index is 1.52. The number of carbonyl (C=O) groups excluding carboxylic acids is 1. The van der Waals surface area contributed by atoms with E-state index in [1.165, 1.54) is 0 Å². The Morgan fingerprint density at radius 3 is 2.62 bits per heavy atom. The van der Waals surface area contributed by atoms with E-state index in [9.17, 15) is 4.79 Å². The number of amides is 1. The highest BCUT2D eigenvalue weighted by Crippen LogP contribution is 2.26. The number of carbonyl (C=O) groups is 1. The maximum atomic E-state index is 13.0. The van der Waals surface area contributed by atoms with Gasteiger partial charge in [-0.25, -0.2) is 0 Å². The van der Waals surface area contributed by atoms with E-state index in [0.717, 1.165) is 39.0 Å². The average Bonchev–Trinajstić information content (AvgIpc) is 2.58. The lowest BCUT2D eigenvalue weighted by molar-refractivity contribution is 0.0177. The van der Waals surface area contributed by atoms with Gasteiger partial charge in [0.2, 0.25) is 0 Å². The monoisotopic (exact) mass is 346 g/mol. The number of aromatic nitrogens is 1. The van der Waals surface area contributed by atoms with Gasteiger partial charge in [-0.1, -0.05) is 29.8 Å². The second kappa shape index (κ2) is 6.45. The van der Waals surface area contributed by atoms with E-state index in [1.807, 2.05) is 74.2 Å². The van der Waals surface area contributed by atoms with Crippen molar-refractivity contribution in [2.24, 2.45) is 0 Å². The van der Waals surface area contributed by atoms with Crippen molar-refractivity contribution < 1.29 is 9.53 Å². The Morgan fingerprint density at radius 1 is 1.08 bits per heavy atom. The fourth-order valence-corrected chi connectivity index (χ4v) is 3.37. The van der Waals surface area contributed by atoms with Crippen LogP contribution in [0.3, 0.4) is 0 Å². The summed E-state index contributed by atoms with van der Waals surface area (Å²) in [7, 11) is 0. The topological polar surface area (TPSA) is 42.4 Å². The summed E-state index contributed by atoms with van der Waals surface area (Å²) in [5.74, 6) is 0.946. The Kier molecular flexibility index (Phi) is 4.11. The number of hydrogen-bond donors (Lipinski definition) is 0. The van der Waals surface area contributed by atoms with E-state index >= 15 is 0 Å². The molecule has 1 aliphatic heterocycles. The van der Waals surface area contributed by atoms with Crippen LogP contribution in [0.1, 0.15) is 27.2 Å². The van der Waals surface area contributed by atoms with Crippen molar-refractivity contribution in [3.63, 3.8) is 0 Å². The lowest BCUT2D eigenvalue weighted by atomic mass is 10.0. The number of likely N-dealkylation sites (tertiary alicyclic amines) is 1. The van der Waals surface area contributed by atoms with E-state index in [4.69, 9.17) is 4.74 Å². The van der Waals surface area contributed by atoms with Crippen LogP contribution in [0.2, 0.25) is 0 Å². The summed E-state index contributed by atoms with van der Waals surface area (Å²) in [6.45, 7) is 7.22. The first-order valence-corrected chi connectivity index (χ1v) is 8.91. The van der Waals surface area contributed by atoms with Gasteiger partial charge in [0.15, 0.2) is 0 Å². The molecule has 0 unspecified atom stereocenters. The first-order chi connectivity index (χ1) is 12.5. The maximum absolute atomic E-state index is 13.0. The normalized spacial score (nSPS) is 14.3. The van der Waals surface area contributed by atoms with Crippen molar-refractivity contribution in [2.45, 2.75) is 26.9 Å². The fourth-order valence-electron chi connectivity index (χ4n) is 3.37. The molecular weight excluding hydrogens is 324 g/mol. The largest absolute Gasteiger partial charge is 0.486 e. The van der Waals surface area contributed by atoms with Crippen molar-refractivity contribution in [1.29, 1.82) is 0 Å². The summed E-state index contributed by atoms with van der Waals surface area (Å²) in [6, 6.07) is 15.9.